The molecule has 0 bridgehead atoms. The molecule has 13 heteroatoms. The van der Waals surface area contributed by atoms with Gasteiger partial charge in [-0.2, -0.15) is 17.5 Å². The first-order valence-corrected chi connectivity index (χ1v) is 10.3. The zero-order valence-corrected chi connectivity index (χ0v) is 17.1. The first-order valence-electron chi connectivity index (χ1n) is 8.50. The van der Waals surface area contributed by atoms with Crippen molar-refractivity contribution in [2.24, 2.45) is 0 Å². The third-order valence-electron chi connectivity index (χ3n) is 4.62. The molecule has 1 aromatic carbocycles. The van der Waals surface area contributed by atoms with E-state index in [1.165, 1.54) is 4.31 Å². The van der Waals surface area contributed by atoms with E-state index in [4.69, 9.17) is 11.6 Å². The van der Waals surface area contributed by atoms with Crippen LogP contribution in [0.3, 0.4) is 0 Å². The van der Waals surface area contributed by atoms with Crippen LogP contribution in [0, 0.1) is 0 Å². The van der Waals surface area contributed by atoms with Crippen molar-refractivity contribution in [3.63, 3.8) is 0 Å². The summed E-state index contributed by atoms with van der Waals surface area (Å²) in [5.74, 6) is -1.75. The number of aliphatic hydroxyl groups is 2. The first kappa shape index (κ1) is 23.8. The fraction of sp³-hybridized carbons (Fsp3) is 0.562. The van der Waals surface area contributed by atoms with Crippen molar-refractivity contribution in [3.05, 3.63) is 23.2 Å². The summed E-state index contributed by atoms with van der Waals surface area (Å²) in [6.45, 7) is 2.79. The Morgan fingerprint density at radius 1 is 1.24 bits per heavy atom. The zero-order chi connectivity index (χ0) is 22.2. The number of hydrogen-bond donors (Lipinski definition) is 3. The SMILES string of the molecule is CC(O)N1CCN(S(=O)(=O)c2ccc(NC(=O)[C@@](C)(O)C(F)(F)F)c(Cl)c2)CC1. The van der Waals surface area contributed by atoms with Crippen molar-refractivity contribution in [1.29, 1.82) is 0 Å². The van der Waals surface area contributed by atoms with Gasteiger partial charge < -0.3 is 15.5 Å². The highest BCUT2D eigenvalue weighted by molar-refractivity contribution is 7.89. The number of nitrogens with one attached hydrogen (secondary N) is 1. The minimum atomic E-state index is -5.21. The van der Waals surface area contributed by atoms with Crippen LogP contribution in [0.1, 0.15) is 13.8 Å². The Morgan fingerprint density at radius 2 is 1.79 bits per heavy atom. The minimum absolute atomic E-state index is 0.137. The molecule has 164 valence electrons. The molecule has 8 nitrogen and oxygen atoms in total. The molecule has 0 aromatic heterocycles. The number of benzene rings is 1. The lowest BCUT2D eigenvalue weighted by Gasteiger charge is -2.35. The van der Waals surface area contributed by atoms with Crippen LogP contribution in [-0.2, 0) is 14.8 Å². The molecule has 2 atom stereocenters. The number of carbonyl (C=O) groups is 1. The summed E-state index contributed by atoms with van der Waals surface area (Å²) in [4.78, 5) is 13.3. The van der Waals surface area contributed by atoms with E-state index in [0.29, 0.717) is 20.0 Å². The zero-order valence-electron chi connectivity index (χ0n) is 15.6. The van der Waals surface area contributed by atoms with Gasteiger partial charge in [-0.25, -0.2) is 8.42 Å². The molecule has 1 heterocycles. The summed E-state index contributed by atoms with van der Waals surface area (Å²) in [5.41, 5.74) is -3.93. The van der Waals surface area contributed by atoms with Gasteiger partial charge in [0.05, 0.1) is 15.6 Å². The van der Waals surface area contributed by atoms with Gasteiger partial charge >= 0.3 is 6.18 Å². The molecule has 1 unspecified atom stereocenters. The molecule has 1 aliphatic rings. The number of hydrogen-bond acceptors (Lipinski definition) is 6. The van der Waals surface area contributed by atoms with Gasteiger partial charge in [-0.15, -0.1) is 0 Å². The molecule has 0 radical (unpaired) electrons. The molecule has 2 rings (SSSR count). The Morgan fingerprint density at radius 3 is 2.24 bits per heavy atom. The number of sulfonamides is 1. The smallest absolute Gasteiger partial charge is 0.379 e. The highest BCUT2D eigenvalue weighted by atomic mass is 35.5. The Balaban J connectivity index is 2.18. The third kappa shape index (κ3) is 5.01. The van der Waals surface area contributed by atoms with Gasteiger partial charge in [-0.3, -0.25) is 9.69 Å². The van der Waals surface area contributed by atoms with Crippen LogP contribution in [0.15, 0.2) is 23.1 Å². The van der Waals surface area contributed by atoms with Gasteiger partial charge in [0.2, 0.25) is 15.6 Å². The summed E-state index contributed by atoms with van der Waals surface area (Å²) >= 11 is 5.95. The second-order valence-corrected chi connectivity index (χ2v) is 9.08. The molecule has 0 aliphatic carbocycles. The topological polar surface area (TPSA) is 110 Å². The van der Waals surface area contributed by atoms with Crippen LogP contribution in [0.4, 0.5) is 18.9 Å². The number of amides is 1. The van der Waals surface area contributed by atoms with Crippen molar-refractivity contribution in [2.45, 2.75) is 36.7 Å². The predicted octanol–water partition coefficient (Wildman–Crippen LogP) is 1.24. The quantitative estimate of drug-likeness (QED) is 0.611. The molecular weight excluding hydrogens is 439 g/mol. The lowest BCUT2D eigenvalue weighted by atomic mass is 10.1. The number of piperazine rings is 1. The molecule has 0 spiro atoms. The van der Waals surface area contributed by atoms with E-state index in [2.05, 4.69) is 0 Å². The lowest BCUT2D eigenvalue weighted by molar-refractivity contribution is -0.242. The second kappa shape index (κ2) is 8.36. The molecule has 1 aromatic rings. The number of anilines is 1. The van der Waals surface area contributed by atoms with Crippen LogP contribution < -0.4 is 5.32 Å². The summed E-state index contributed by atoms with van der Waals surface area (Å²) in [6, 6.07) is 3.15. The minimum Gasteiger partial charge on any atom is -0.379 e. The Labute approximate surface area is 170 Å². The van der Waals surface area contributed by atoms with Gasteiger partial charge in [0.15, 0.2) is 0 Å². The monoisotopic (exact) mass is 459 g/mol. The van der Waals surface area contributed by atoms with Crippen molar-refractivity contribution in [3.8, 4) is 0 Å². The van der Waals surface area contributed by atoms with E-state index in [0.717, 1.165) is 18.2 Å². The molecule has 3 N–H and O–H groups in total. The molecule has 1 fully saturated rings. The van der Waals surface area contributed by atoms with Gasteiger partial charge in [-0.05, 0) is 32.0 Å². The summed E-state index contributed by atoms with van der Waals surface area (Å²) in [6.07, 6.45) is -5.91. The summed E-state index contributed by atoms with van der Waals surface area (Å²) < 4.78 is 64.9. The average Bonchev–Trinajstić information content (AvgIpc) is 2.62. The number of carbonyl (C=O) groups excluding carboxylic acids is 1. The molecule has 1 amide bonds. The van der Waals surface area contributed by atoms with Crippen molar-refractivity contribution in [2.75, 3.05) is 31.5 Å². The number of alkyl halides is 3. The number of aliphatic hydroxyl groups excluding tert-OH is 1. The number of rotatable bonds is 5. The Hall–Kier alpha value is -1.44. The van der Waals surface area contributed by atoms with Crippen LogP contribution >= 0.6 is 11.6 Å². The van der Waals surface area contributed by atoms with Gasteiger partial charge in [0, 0.05) is 26.2 Å². The molecule has 1 saturated heterocycles. The van der Waals surface area contributed by atoms with E-state index < -0.39 is 33.9 Å². The summed E-state index contributed by atoms with van der Waals surface area (Å²) in [7, 11) is -3.93. The van der Waals surface area contributed by atoms with Crippen LogP contribution in [0.2, 0.25) is 5.02 Å². The molecular formula is C16H21ClF3N3O5S. The van der Waals surface area contributed by atoms with Crippen LogP contribution in [0.25, 0.3) is 0 Å². The molecule has 0 saturated carbocycles. The summed E-state index contributed by atoms with van der Waals surface area (Å²) in [5, 5.41) is 20.5. The van der Waals surface area contributed by atoms with E-state index >= 15 is 0 Å². The number of halogens is 4. The van der Waals surface area contributed by atoms with E-state index in [-0.39, 0.29) is 28.7 Å². The van der Waals surface area contributed by atoms with Gasteiger partial charge in [0.1, 0.15) is 6.23 Å². The lowest BCUT2D eigenvalue weighted by Crippen LogP contribution is -2.52. The standard InChI is InChI=1S/C16H21ClF3N3O5S/c1-10(24)22-5-7-23(8-6-22)29(27,28)11-3-4-13(12(17)9-11)21-14(25)15(2,26)16(18,19)20/h3-4,9-10,24,26H,5-8H2,1-2H3,(H,21,25)/t10?,15-/m1/s1. The van der Waals surface area contributed by atoms with E-state index in [9.17, 15) is 36.6 Å². The van der Waals surface area contributed by atoms with Crippen molar-refractivity contribution in [1.82, 2.24) is 9.21 Å². The van der Waals surface area contributed by atoms with Crippen molar-refractivity contribution >= 4 is 33.2 Å². The fourth-order valence-electron chi connectivity index (χ4n) is 2.60. The number of nitrogens with zero attached hydrogens (tertiary/aromatic N) is 2. The fourth-order valence-corrected chi connectivity index (χ4v) is 4.34. The predicted molar refractivity (Wildman–Crippen MR) is 98.8 cm³/mol. The van der Waals surface area contributed by atoms with E-state index in [1.54, 1.807) is 11.8 Å². The first-order chi connectivity index (χ1) is 13.2. The molecule has 29 heavy (non-hydrogen) atoms. The maximum absolute atomic E-state index is 12.8. The maximum atomic E-state index is 12.8. The average molecular weight is 460 g/mol. The highest BCUT2D eigenvalue weighted by Crippen LogP contribution is 2.33. The molecule has 1 aliphatic heterocycles. The highest BCUT2D eigenvalue weighted by Gasteiger charge is 2.55. The largest absolute Gasteiger partial charge is 0.426 e. The normalized spacial score (nSPS) is 20.1. The maximum Gasteiger partial charge on any atom is 0.426 e. The Bertz CT molecular complexity index is 869. The van der Waals surface area contributed by atoms with Crippen LogP contribution in [0.5, 0.6) is 0 Å². The van der Waals surface area contributed by atoms with E-state index in [1.807, 2.05) is 5.32 Å². The van der Waals surface area contributed by atoms with Crippen molar-refractivity contribution < 1.29 is 36.6 Å². The Kier molecular flexibility index (Phi) is 6.87. The van der Waals surface area contributed by atoms with Crippen LogP contribution in [-0.4, -0.2) is 77.9 Å². The van der Waals surface area contributed by atoms with Gasteiger partial charge in [-0.1, -0.05) is 11.6 Å². The van der Waals surface area contributed by atoms with Gasteiger partial charge in [0.25, 0.3) is 5.91 Å². The third-order valence-corrected chi connectivity index (χ3v) is 6.83. The second-order valence-electron chi connectivity index (χ2n) is 6.74.